The van der Waals surface area contributed by atoms with Crippen LogP contribution in [0.5, 0.6) is 5.75 Å². The zero-order valence-corrected chi connectivity index (χ0v) is 15.5. The maximum Gasteiger partial charge on any atom is 0.262 e. The lowest BCUT2D eigenvalue weighted by molar-refractivity contribution is -0.116. The number of unbranched alkanes of at least 4 members (excludes halogenated alkanes) is 5. The predicted octanol–water partition coefficient (Wildman–Crippen LogP) is 4.60. The number of rotatable bonds is 9. The largest absolute Gasteiger partial charge is 0.493 e. The first-order valence-electron chi connectivity index (χ1n) is 9.68. The van der Waals surface area contributed by atoms with Crippen molar-refractivity contribution in [1.82, 2.24) is 10.9 Å². The van der Waals surface area contributed by atoms with Gasteiger partial charge in [0.1, 0.15) is 5.75 Å². The summed E-state index contributed by atoms with van der Waals surface area (Å²) in [5.41, 5.74) is 7.26. The number of benzene rings is 2. The standard InChI is InChI=1S/C22H28N2O2/c1-2-3-4-5-6-7-14-26-20-13-9-11-17-10-8-12-18(21(17)20)15-19-16-23-24-22(19)25/h8-13,15,23H,2-7,14,16H2,1H3,(H,24,25)/b19-15+. The molecule has 0 bridgehead atoms. The van der Waals surface area contributed by atoms with Gasteiger partial charge in [-0.2, -0.15) is 0 Å². The number of fused-ring (bicyclic) bond motifs is 1. The van der Waals surface area contributed by atoms with Gasteiger partial charge in [0.25, 0.3) is 5.91 Å². The van der Waals surface area contributed by atoms with Gasteiger partial charge in [-0.1, -0.05) is 69.4 Å². The van der Waals surface area contributed by atoms with Crippen LogP contribution >= 0.6 is 0 Å². The first kappa shape index (κ1) is 18.5. The van der Waals surface area contributed by atoms with Gasteiger partial charge < -0.3 is 4.74 Å². The molecule has 1 aliphatic rings. The van der Waals surface area contributed by atoms with Gasteiger partial charge in [0.2, 0.25) is 0 Å². The van der Waals surface area contributed by atoms with Gasteiger partial charge in [-0.15, -0.1) is 0 Å². The Hall–Kier alpha value is -2.33. The summed E-state index contributed by atoms with van der Waals surface area (Å²) in [4.78, 5) is 11.8. The summed E-state index contributed by atoms with van der Waals surface area (Å²) < 4.78 is 6.11. The molecule has 1 saturated heterocycles. The highest BCUT2D eigenvalue weighted by atomic mass is 16.5. The molecule has 0 radical (unpaired) electrons. The van der Waals surface area contributed by atoms with E-state index in [1.807, 2.05) is 30.3 Å². The number of ether oxygens (including phenoxy) is 1. The molecule has 0 aliphatic carbocycles. The molecular formula is C22H28N2O2. The number of nitrogens with one attached hydrogen (secondary N) is 2. The third-order valence-electron chi connectivity index (χ3n) is 4.76. The maximum absolute atomic E-state index is 11.8. The van der Waals surface area contributed by atoms with E-state index in [0.717, 1.165) is 40.7 Å². The summed E-state index contributed by atoms with van der Waals surface area (Å²) in [5.74, 6) is 0.836. The lowest BCUT2D eigenvalue weighted by Gasteiger charge is -2.12. The molecule has 0 unspecified atom stereocenters. The van der Waals surface area contributed by atoms with E-state index in [4.69, 9.17) is 4.74 Å². The number of hydrazine groups is 1. The van der Waals surface area contributed by atoms with Crippen LogP contribution in [0.4, 0.5) is 0 Å². The van der Waals surface area contributed by atoms with Crippen molar-refractivity contribution in [3.8, 4) is 5.75 Å². The van der Waals surface area contributed by atoms with E-state index in [1.165, 1.54) is 32.1 Å². The molecule has 2 aromatic carbocycles. The molecule has 1 heterocycles. The van der Waals surface area contributed by atoms with Crippen LogP contribution < -0.4 is 15.6 Å². The lowest BCUT2D eigenvalue weighted by atomic mass is 10.0. The van der Waals surface area contributed by atoms with Crippen LogP contribution in [0.25, 0.3) is 16.8 Å². The molecule has 1 fully saturated rings. The zero-order chi connectivity index (χ0) is 18.2. The van der Waals surface area contributed by atoms with Gasteiger partial charge in [-0.3, -0.25) is 10.2 Å². The van der Waals surface area contributed by atoms with E-state index in [2.05, 4.69) is 29.9 Å². The summed E-state index contributed by atoms with van der Waals surface area (Å²) in [6.45, 7) is 3.51. The molecule has 4 heteroatoms. The van der Waals surface area contributed by atoms with Crippen LogP contribution in [0, 0.1) is 0 Å². The summed E-state index contributed by atoms with van der Waals surface area (Å²) in [7, 11) is 0. The SMILES string of the molecule is CCCCCCCCOc1cccc2cccc(/C=C3\CNNC3=O)c12. The van der Waals surface area contributed by atoms with Crippen molar-refractivity contribution in [2.24, 2.45) is 0 Å². The van der Waals surface area contributed by atoms with Crippen LogP contribution in [0.15, 0.2) is 42.0 Å². The Bertz CT molecular complexity index is 778. The Morgan fingerprint density at radius 1 is 1.04 bits per heavy atom. The minimum Gasteiger partial charge on any atom is -0.493 e. The molecule has 1 amide bonds. The smallest absolute Gasteiger partial charge is 0.262 e. The normalized spacial score (nSPS) is 15.6. The van der Waals surface area contributed by atoms with E-state index in [0.29, 0.717) is 6.54 Å². The minimum atomic E-state index is -0.0625. The van der Waals surface area contributed by atoms with Crippen LogP contribution in [0.1, 0.15) is 51.0 Å². The van der Waals surface area contributed by atoms with Crippen molar-refractivity contribution in [1.29, 1.82) is 0 Å². The van der Waals surface area contributed by atoms with Gasteiger partial charge in [0.05, 0.1) is 6.61 Å². The van der Waals surface area contributed by atoms with E-state index < -0.39 is 0 Å². The summed E-state index contributed by atoms with van der Waals surface area (Å²) in [6.07, 6.45) is 9.45. The molecule has 26 heavy (non-hydrogen) atoms. The van der Waals surface area contributed by atoms with Gasteiger partial charge in [0.15, 0.2) is 0 Å². The summed E-state index contributed by atoms with van der Waals surface area (Å²) >= 11 is 0. The second kappa shape index (κ2) is 9.39. The van der Waals surface area contributed by atoms with E-state index in [1.54, 1.807) is 0 Å². The maximum atomic E-state index is 11.8. The van der Waals surface area contributed by atoms with Gasteiger partial charge in [-0.25, -0.2) is 5.43 Å². The van der Waals surface area contributed by atoms with Gasteiger partial charge >= 0.3 is 0 Å². The fourth-order valence-corrected chi connectivity index (χ4v) is 3.32. The zero-order valence-electron chi connectivity index (χ0n) is 15.5. The Morgan fingerprint density at radius 3 is 2.58 bits per heavy atom. The third-order valence-corrected chi connectivity index (χ3v) is 4.76. The summed E-state index contributed by atoms with van der Waals surface area (Å²) in [5, 5.41) is 2.21. The van der Waals surface area contributed by atoms with Crippen LogP contribution in [-0.2, 0) is 4.79 Å². The molecule has 0 spiro atoms. The Balaban J connectivity index is 1.73. The monoisotopic (exact) mass is 352 g/mol. The van der Waals surface area contributed by atoms with E-state index in [-0.39, 0.29) is 5.91 Å². The highest BCUT2D eigenvalue weighted by Gasteiger charge is 2.16. The highest BCUT2D eigenvalue weighted by Crippen LogP contribution is 2.31. The molecule has 0 atom stereocenters. The Morgan fingerprint density at radius 2 is 1.81 bits per heavy atom. The first-order chi connectivity index (χ1) is 12.8. The predicted molar refractivity (Wildman–Crippen MR) is 107 cm³/mol. The molecule has 4 nitrogen and oxygen atoms in total. The van der Waals surface area contributed by atoms with Crippen molar-refractivity contribution in [2.45, 2.75) is 45.4 Å². The average Bonchev–Trinajstić information content (AvgIpc) is 3.06. The molecule has 2 aromatic rings. The second-order valence-electron chi connectivity index (χ2n) is 6.79. The van der Waals surface area contributed by atoms with Crippen LogP contribution in [-0.4, -0.2) is 19.1 Å². The number of amides is 1. The molecule has 2 N–H and O–H groups in total. The number of hydrogen-bond donors (Lipinski definition) is 2. The fourth-order valence-electron chi connectivity index (χ4n) is 3.32. The van der Waals surface area contributed by atoms with Crippen molar-refractivity contribution >= 4 is 22.8 Å². The number of carbonyl (C=O) groups excluding carboxylic acids is 1. The topological polar surface area (TPSA) is 50.4 Å². The van der Waals surface area contributed by atoms with E-state index >= 15 is 0 Å². The third kappa shape index (κ3) is 4.64. The molecule has 0 aromatic heterocycles. The molecule has 1 aliphatic heterocycles. The second-order valence-corrected chi connectivity index (χ2v) is 6.79. The Kier molecular flexibility index (Phi) is 6.67. The molecule has 138 valence electrons. The van der Waals surface area contributed by atoms with Crippen molar-refractivity contribution in [3.63, 3.8) is 0 Å². The molecule has 0 saturated carbocycles. The van der Waals surface area contributed by atoms with Gasteiger partial charge in [0, 0.05) is 17.5 Å². The molecular weight excluding hydrogens is 324 g/mol. The first-order valence-corrected chi connectivity index (χ1v) is 9.68. The highest BCUT2D eigenvalue weighted by molar-refractivity contribution is 6.03. The van der Waals surface area contributed by atoms with Crippen LogP contribution in [0.3, 0.4) is 0 Å². The van der Waals surface area contributed by atoms with Crippen molar-refractivity contribution in [2.75, 3.05) is 13.2 Å². The summed E-state index contributed by atoms with van der Waals surface area (Å²) in [6, 6.07) is 12.3. The van der Waals surface area contributed by atoms with E-state index in [9.17, 15) is 4.79 Å². The minimum absolute atomic E-state index is 0.0625. The van der Waals surface area contributed by atoms with Gasteiger partial charge in [-0.05, 0) is 29.5 Å². The average molecular weight is 352 g/mol. The van der Waals surface area contributed by atoms with Crippen molar-refractivity contribution < 1.29 is 9.53 Å². The van der Waals surface area contributed by atoms with Crippen LogP contribution in [0.2, 0.25) is 0 Å². The number of carbonyl (C=O) groups is 1. The Labute approximate surface area is 155 Å². The van der Waals surface area contributed by atoms with Crippen molar-refractivity contribution in [3.05, 3.63) is 47.5 Å². The fraction of sp³-hybridized carbons (Fsp3) is 0.409. The number of hydrogen-bond acceptors (Lipinski definition) is 3. The molecule has 3 rings (SSSR count). The lowest BCUT2D eigenvalue weighted by Crippen LogP contribution is -2.25. The quantitative estimate of drug-likeness (QED) is 0.512.